The average molecular weight is 279 g/mol. The van der Waals surface area contributed by atoms with Gasteiger partial charge in [-0.25, -0.2) is 4.39 Å². The summed E-state index contributed by atoms with van der Waals surface area (Å²) in [4.78, 5) is 14.3. The first-order chi connectivity index (χ1) is 9.15. The van der Waals surface area contributed by atoms with Crippen molar-refractivity contribution < 1.29 is 9.18 Å². The van der Waals surface area contributed by atoms with E-state index in [4.69, 9.17) is 0 Å². The number of thioether (sulfide) groups is 1. The van der Waals surface area contributed by atoms with Gasteiger partial charge in [-0.05, 0) is 43.9 Å². The van der Waals surface area contributed by atoms with Crippen LogP contribution >= 0.6 is 11.8 Å². The average Bonchev–Trinajstić information content (AvgIpc) is 3.16. The molecule has 0 bridgehead atoms. The highest BCUT2D eigenvalue weighted by molar-refractivity contribution is 8.00. The molecule has 0 spiro atoms. The van der Waals surface area contributed by atoms with Crippen LogP contribution in [0.25, 0.3) is 0 Å². The molecular formula is C15H18FNOS. The molecule has 1 aliphatic heterocycles. The molecule has 0 aromatic heterocycles. The van der Waals surface area contributed by atoms with E-state index >= 15 is 0 Å². The summed E-state index contributed by atoms with van der Waals surface area (Å²) >= 11 is 1.67. The summed E-state index contributed by atoms with van der Waals surface area (Å²) < 4.78 is 13.2. The third-order valence-electron chi connectivity index (χ3n) is 3.86. The van der Waals surface area contributed by atoms with Crippen molar-refractivity contribution in [2.24, 2.45) is 0 Å². The zero-order chi connectivity index (χ0) is 13.4. The number of halogens is 1. The third-order valence-corrected chi connectivity index (χ3v) is 5.31. The number of benzene rings is 1. The number of hydrogen-bond donors (Lipinski definition) is 0. The minimum absolute atomic E-state index is 0.0545. The highest BCUT2D eigenvalue weighted by atomic mass is 32.2. The topological polar surface area (TPSA) is 20.3 Å². The number of nitrogens with zero attached hydrogens (tertiary/aromatic N) is 1. The Hall–Kier alpha value is -1.03. The SMILES string of the molecule is C[C@@H](S[C@H]1CCN(C2CC2)C1=O)c1cccc(F)c1. The number of carbonyl (C=O) groups is 1. The molecule has 1 aliphatic carbocycles. The van der Waals surface area contributed by atoms with Gasteiger partial charge in [0.05, 0.1) is 5.25 Å². The normalized spacial score (nSPS) is 24.8. The fourth-order valence-electron chi connectivity index (χ4n) is 2.63. The van der Waals surface area contributed by atoms with Crippen LogP contribution in [0.3, 0.4) is 0 Å². The van der Waals surface area contributed by atoms with Crippen LogP contribution in [0, 0.1) is 5.82 Å². The van der Waals surface area contributed by atoms with Gasteiger partial charge in [-0.1, -0.05) is 12.1 Å². The van der Waals surface area contributed by atoms with Gasteiger partial charge in [-0.2, -0.15) is 0 Å². The summed E-state index contributed by atoms with van der Waals surface area (Å²) in [7, 11) is 0. The summed E-state index contributed by atoms with van der Waals surface area (Å²) in [5.41, 5.74) is 0.961. The van der Waals surface area contributed by atoms with Gasteiger partial charge in [0.2, 0.25) is 5.91 Å². The Bertz CT molecular complexity index is 489. The monoisotopic (exact) mass is 279 g/mol. The molecule has 1 aromatic rings. The van der Waals surface area contributed by atoms with Crippen LogP contribution < -0.4 is 0 Å². The van der Waals surface area contributed by atoms with Crippen molar-refractivity contribution in [1.29, 1.82) is 0 Å². The van der Waals surface area contributed by atoms with E-state index in [-0.39, 0.29) is 22.2 Å². The van der Waals surface area contributed by atoms with Crippen molar-refractivity contribution in [3.05, 3.63) is 35.6 Å². The Morgan fingerprint density at radius 1 is 1.37 bits per heavy atom. The maximum atomic E-state index is 13.2. The van der Waals surface area contributed by atoms with E-state index in [0.29, 0.717) is 6.04 Å². The lowest BCUT2D eigenvalue weighted by molar-refractivity contribution is -0.127. The predicted molar refractivity (Wildman–Crippen MR) is 75.5 cm³/mol. The summed E-state index contributed by atoms with van der Waals surface area (Å²) in [6.07, 6.45) is 3.27. The van der Waals surface area contributed by atoms with Gasteiger partial charge in [0.1, 0.15) is 5.82 Å². The van der Waals surface area contributed by atoms with Crippen molar-refractivity contribution in [3.63, 3.8) is 0 Å². The second-order valence-electron chi connectivity index (χ2n) is 5.37. The van der Waals surface area contributed by atoms with Gasteiger partial charge >= 0.3 is 0 Å². The fourth-order valence-corrected chi connectivity index (χ4v) is 3.92. The van der Waals surface area contributed by atoms with E-state index in [9.17, 15) is 9.18 Å². The first-order valence-corrected chi connectivity index (χ1v) is 7.81. The summed E-state index contributed by atoms with van der Waals surface area (Å²) in [6, 6.07) is 7.20. The largest absolute Gasteiger partial charge is 0.339 e. The van der Waals surface area contributed by atoms with Crippen molar-refractivity contribution >= 4 is 17.7 Å². The van der Waals surface area contributed by atoms with Crippen molar-refractivity contribution in [1.82, 2.24) is 4.90 Å². The summed E-state index contributed by atoms with van der Waals surface area (Å²) in [5, 5.41) is 0.211. The highest BCUT2D eigenvalue weighted by Crippen LogP contribution is 2.39. The standard InChI is InChI=1S/C15H18FNOS/c1-10(11-3-2-4-12(16)9-11)19-14-7-8-17(15(14)18)13-5-6-13/h2-4,9-10,13-14H,5-8H2,1H3/t10-,14+/m1/s1. The number of likely N-dealkylation sites (tertiary alicyclic amines) is 1. The molecule has 19 heavy (non-hydrogen) atoms. The number of rotatable bonds is 4. The van der Waals surface area contributed by atoms with E-state index in [2.05, 4.69) is 0 Å². The molecule has 102 valence electrons. The summed E-state index contributed by atoms with van der Waals surface area (Å²) in [5.74, 6) is 0.0815. The Balaban J connectivity index is 1.63. The van der Waals surface area contributed by atoms with Gasteiger partial charge in [0.25, 0.3) is 0 Å². The molecule has 2 nitrogen and oxygen atoms in total. The maximum Gasteiger partial charge on any atom is 0.236 e. The van der Waals surface area contributed by atoms with E-state index in [0.717, 1.165) is 18.5 Å². The molecule has 0 unspecified atom stereocenters. The molecule has 2 atom stereocenters. The fraction of sp³-hybridized carbons (Fsp3) is 0.533. The Labute approximate surface area is 117 Å². The zero-order valence-electron chi connectivity index (χ0n) is 11.0. The minimum Gasteiger partial charge on any atom is -0.339 e. The molecule has 1 aromatic carbocycles. The number of amides is 1. The molecule has 3 rings (SSSR count). The van der Waals surface area contributed by atoms with Crippen molar-refractivity contribution in [2.45, 2.75) is 42.7 Å². The molecule has 2 fully saturated rings. The van der Waals surface area contributed by atoms with Crippen LogP contribution in [0.4, 0.5) is 4.39 Å². The van der Waals surface area contributed by atoms with Gasteiger partial charge in [-0.3, -0.25) is 4.79 Å². The van der Waals surface area contributed by atoms with Gasteiger partial charge in [0, 0.05) is 17.8 Å². The van der Waals surface area contributed by atoms with E-state index in [1.165, 1.54) is 18.9 Å². The lowest BCUT2D eigenvalue weighted by atomic mass is 10.2. The van der Waals surface area contributed by atoms with Gasteiger partial charge < -0.3 is 4.90 Å². The Morgan fingerprint density at radius 2 is 2.16 bits per heavy atom. The Kier molecular flexibility index (Phi) is 3.52. The van der Waals surface area contributed by atoms with E-state index in [1.54, 1.807) is 23.9 Å². The number of hydrogen-bond acceptors (Lipinski definition) is 2. The molecule has 0 N–H and O–H groups in total. The van der Waals surface area contributed by atoms with Crippen LogP contribution in [0.1, 0.15) is 37.0 Å². The van der Waals surface area contributed by atoms with Crippen LogP contribution in [-0.2, 0) is 4.79 Å². The molecule has 2 aliphatic rings. The maximum absolute atomic E-state index is 13.2. The van der Waals surface area contributed by atoms with Crippen LogP contribution in [0.2, 0.25) is 0 Å². The highest BCUT2D eigenvalue weighted by Gasteiger charge is 2.41. The molecule has 1 saturated carbocycles. The smallest absolute Gasteiger partial charge is 0.236 e. The quantitative estimate of drug-likeness (QED) is 0.842. The zero-order valence-corrected chi connectivity index (χ0v) is 11.8. The molecule has 1 amide bonds. The molecule has 4 heteroatoms. The van der Waals surface area contributed by atoms with Crippen molar-refractivity contribution in [3.8, 4) is 0 Å². The number of carbonyl (C=O) groups excluding carboxylic acids is 1. The van der Waals surface area contributed by atoms with E-state index < -0.39 is 0 Å². The summed E-state index contributed by atoms with van der Waals surface area (Å²) in [6.45, 7) is 2.95. The lowest BCUT2D eigenvalue weighted by Crippen LogP contribution is -2.30. The van der Waals surface area contributed by atoms with Crippen molar-refractivity contribution in [2.75, 3.05) is 6.54 Å². The molecule has 0 radical (unpaired) electrons. The predicted octanol–water partition coefficient (Wildman–Crippen LogP) is 3.38. The van der Waals surface area contributed by atoms with Gasteiger partial charge in [-0.15, -0.1) is 11.8 Å². The second-order valence-corrected chi connectivity index (χ2v) is 6.92. The Morgan fingerprint density at radius 3 is 2.84 bits per heavy atom. The van der Waals surface area contributed by atoms with E-state index in [1.807, 2.05) is 17.9 Å². The van der Waals surface area contributed by atoms with Crippen LogP contribution in [0.15, 0.2) is 24.3 Å². The molecule has 1 heterocycles. The third kappa shape index (κ3) is 2.78. The first kappa shape index (κ1) is 13.0. The van der Waals surface area contributed by atoms with Crippen LogP contribution in [0.5, 0.6) is 0 Å². The lowest BCUT2D eigenvalue weighted by Gasteiger charge is -2.18. The second kappa shape index (κ2) is 5.16. The van der Waals surface area contributed by atoms with Gasteiger partial charge in [0.15, 0.2) is 0 Å². The first-order valence-electron chi connectivity index (χ1n) is 6.86. The molecular weight excluding hydrogens is 261 g/mol. The molecule has 1 saturated heterocycles. The van der Waals surface area contributed by atoms with Crippen LogP contribution in [-0.4, -0.2) is 28.6 Å². The minimum atomic E-state index is -0.206.